The van der Waals surface area contributed by atoms with E-state index in [-0.39, 0.29) is 17.1 Å². The minimum absolute atomic E-state index is 0.0894. The molecule has 1 aromatic rings. The summed E-state index contributed by atoms with van der Waals surface area (Å²) in [7, 11) is -2.16. The zero-order valence-electron chi connectivity index (χ0n) is 9.55. The Hall–Kier alpha value is -1.83. The highest BCUT2D eigenvalue weighted by Gasteiger charge is 2.18. The van der Waals surface area contributed by atoms with Gasteiger partial charge in [0.05, 0.1) is 24.0 Å². The molecular formula is C9H12N2O5S. The number of nitrogens with one attached hydrogen (secondary N) is 1. The van der Waals surface area contributed by atoms with Gasteiger partial charge in [-0.15, -0.1) is 0 Å². The van der Waals surface area contributed by atoms with Gasteiger partial charge in [-0.2, -0.15) is 0 Å². The monoisotopic (exact) mass is 260 g/mol. The maximum atomic E-state index is 11.1. The molecule has 0 aliphatic rings. The van der Waals surface area contributed by atoms with Gasteiger partial charge in [-0.25, -0.2) is 8.42 Å². The van der Waals surface area contributed by atoms with Gasteiger partial charge < -0.3 is 4.74 Å². The second kappa shape index (κ2) is 4.58. The quantitative estimate of drug-likeness (QED) is 0.649. The first-order chi connectivity index (χ1) is 7.74. The number of sulfonamides is 1. The number of ether oxygens (including phenoxy) is 1. The third kappa shape index (κ3) is 3.31. The molecule has 1 aromatic carbocycles. The van der Waals surface area contributed by atoms with Crippen molar-refractivity contribution in [3.05, 3.63) is 27.8 Å². The SMILES string of the molecule is COc1cc(C)c(NS(C)(=O)=O)cc1[N+](=O)[O-]. The van der Waals surface area contributed by atoms with E-state index in [0.717, 1.165) is 12.3 Å². The third-order valence-electron chi connectivity index (χ3n) is 2.02. The summed E-state index contributed by atoms with van der Waals surface area (Å²) >= 11 is 0. The van der Waals surface area contributed by atoms with E-state index in [4.69, 9.17) is 4.74 Å². The van der Waals surface area contributed by atoms with Crippen molar-refractivity contribution in [1.29, 1.82) is 0 Å². The Balaban J connectivity index is 3.34. The Labute approximate surface area is 98.6 Å². The lowest BCUT2D eigenvalue weighted by Crippen LogP contribution is -2.11. The molecule has 0 aliphatic heterocycles. The number of benzene rings is 1. The number of rotatable bonds is 4. The predicted octanol–water partition coefficient (Wildman–Crippen LogP) is 1.28. The molecule has 0 heterocycles. The van der Waals surface area contributed by atoms with Gasteiger partial charge in [0.25, 0.3) is 0 Å². The van der Waals surface area contributed by atoms with Crippen LogP contribution in [0.3, 0.4) is 0 Å². The first-order valence-corrected chi connectivity index (χ1v) is 6.44. The molecule has 0 fully saturated rings. The second-order valence-corrected chi connectivity index (χ2v) is 5.22. The summed E-state index contributed by atoms with van der Waals surface area (Å²) in [5.41, 5.74) is 0.419. The van der Waals surface area contributed by atoms with Gasteiger partial charge in [0.15, 0.2) is 5.75 Å². The molecule has 17 heavy (non-hydrogen) atoms. The van der Waals surface area contributed by atoms with Crippen LogP contribution in [-0.4, -0.2) is 26.7 Å². The third-order valence-corrected chi connectivity index (χ3v) is 2.61. The van der Waals surface area contributed by atoms with Crippen molar-refractivity contribution in [2.75, 3.05) is 18.1 Å². The van der Waals surface area contributed by atoms with Crippen molar-refractivity contribution in [1.82, 2.24) is 0 Å². The average Bonchev–Trinajstić information content (AvgIpc) is 2.18. The van der Waals surface area contributed by atoms with Gasteiger partial charge in [-0.1, -0.05) is 0 Å². The molecule has 0 amide bonds. The van der Waals surface area contributed by atoms with Crippen molar-refractivity contribution < 1.29 is 18.1 Å². The van der Waals surface area contributed by atoms with Crippen LogP contribution in [0, 0.1) is 17.0 Å². The van der Waals surface area contributed by atoms with E-state index in [2.05, 4.69) is 4.72 Å². The van der Waals surface area contributed by atoms with Crippen molar-refractivity contribution in [3.8, 4) is 5.75 Å². The normalized spacial score (nSPS) is 11.0. The van der Waals surface area contributed by atoms with Crippen LogP contribution in [0.15, 0.2) is 12.1 Å². The summed E-state index contributed by atoms with van der Waals surface area (Å²) < 4.78 is 29.2. The van der Waals surface area contributed by atoms with E-state index in [0.29, 0.717) is 5.56 Å². The van der Waals surface area contributed by atoms with E-state index in [1.807, 2.05) is 0 Å². The van der Waals surface area contributed by atoms with E-state index >= 15 is 0 Å². The standard InChI is InChI=1S/C9H12N2O5S/c1-6-4-9(16-2)8(11(12)13)5-7(6)10-17(3,14)15/h4-5,10H,1-3H3. The molecule has 0 radical (unpaired) electrons. The van der Waals surface area contributed by atoms with Gasteiger partial charge in [0.2, 0.25) is 10.0 Å². The van der Waals surface area contributed by atoms with Crippen molar-refractivity contribution in [2.45, 2.75) is 6.92 Å². The maximum Gasteiger partial charge on any atom is 0.313 e. The highest BCUT2D eigenvalue weighted by atomic mass is 32.2. The fraction of sp³-hybridized carbons (Fsp3) is 0.333. The molecule has 1 rings (SSSR count). The Kier molecular flexibility index (Phi) is 3.56. The Bertz CT molecular complexity index is 553. The summed E-state index contributed by atoms with van der Waals surface area (Å²) in [6, 6.07) is 2.54. The van der Waals surface area contributed by atoms with Crippen LogP contribution in [0.5, 0.6) is 5.75 Å². The molecule has 0 saturated carbocycles. The van der Waals surface area contributed by atoms with Crippen LogP contribution >= 0.6 is 0 Å². The largest absolute Gasteiger partial charge is 0.490 e. The van der Waals surface area contributed by atoms with Gasteiger partial charge >= 0.3 is 5.69 Å². The summed E-state index contributed by atoms with van der Waals surface area (Å²) in [6.07, 6.45) is 0.975. The lowest BCUT2D eigenvalue weighted by molar-refractivity contribution is -0.385. The molecule has 1 N–H and O–H groups in total. The molecule has 0 aromatic heterocycles. The molecule has 0 aliphatic carbocycles. The summed E-state index contributed by atoms with van der Waals surface area (Å²) in [5.74, 6) is 0.0894. The van der Waals surface area contributed by atoms with Crippen LogP contribution in [0.4, 0.5) is 11.4 Å². The minimum Gasteiger partial charge on any atom is -0.490 e. The number of nitro benzene ring substituents is 1. The molecule has 0 unspecified atom stereocenters. The molecular weight excluding hydrogens is 248 g/mol. The van der Waals surface area contributed by atoms with Gasteiger partial charge in [0, 0.05) is 6.07 Å². The average molecular weight is 260 g/mol. The van der Waals surface area contributed by atoms with Gasteiger partial charge in [-0.05, 0) is 18.6 Å². The lowest BCUT2D eigenvalue weighted by atomic mass is 10.1. The van der Waals surface area contributed by atoms with Gasteiger partial charge in [0.1, 0.15) is 0 Å². The Morgan fingerprint density at radius 3 is 2.41 bits per heavy atom. The lowest BCUT2D eigenvalue weighted by Gasteiger charge is -2.09. The Morgan fingerprint density at radius 1 is 1.41 bits per heavy atom. The topological polar surface area (TPSA) is 98.5 Å². The molecule has 7 nitrogen and oxygen atoms in total. The van der Waals surface area contributed by atoms with Crippen molar-refractivity contribution >= 4 is 21.4 Å². The summed E-state index contributed by atoms with van der Waals surface area (Å²) in [4.78, 5) is 10.1. The Morgan fingerprint density at radius 2 is 2.00 bits per heavy atom. The zero-order valence-corrected chi connectivity index (χ0v) is 10.4. The molecule has 0 atom stereocenters. The highest BCUT2D eigenvalue weighted by Crippen LogP contribution is 2.32. The van der Waals surface area contributed by atoms with Crippen molar-refractivity contribution in [2.24, 2.45) is 0 Å². The molecule has 94 valence electrons. The molecule has 0 spiro atoms. The number of hydrogen-bond acceptors (Lipinski definition) is 5. The number of aryl methyl sites for hydroxylation is 1. The zero-order chi connectivity index (χ0) is 13.2. The maximum absolute atomic E-state index is 11.1. The smallest absolute Gasteiger partial charge is 0.313 e. The number of anilines is 1. The summed E-state index contributed by atoms with van der Waals surface area (Å²) in [6.45, 7) is 1.62. The number of nitro groups is 1. The highest BCUT2D eigenvalue weighted by molar-refractivity contribution is 7.92. The van der Waals surface area contributed by atoms with Crippen LogP contribution < -0.4 is 9.46 Å². The van der Waals surface area contributed by atoms with Gasteiger partial charge in [-0.3, -0.25) is 14.8 Å². The second-order valence-electron chi connectivity index (χ2n) is 3.47. The van der Waals surface area contributed by atoms with Crippen LogP contribution in [0.1, 0.15) is 5.56 Å². The number of hydrogen-bond donors (Lipinski definition) is 1. The number of nitrogens with zero attached hydrogens (tertiary/aromatic N) is 1. The van der Waals surface area contributed by atoms with Crippen LogP contribution in [0.25, 0.3) is 0 Å². The first-order valence-electron chi connectivity index (χ1n) is 4.55. The van der Waals surface area contributed by atoms with Crippen molar-refractivity contribution in [3.63, 3.8) is 0 Å². The van der Waals surface area contributed by atoms with E-state index in [1.165, 1.54) is 13.2 Å². The molecule has 0 bridgehead atoms. The molecule has 0 saturated heterocycles. The van der Waals surface area contributed by atoms with Crippen LogP contribution in [-0.2, 0) is 10.0 Å². The predicted molar refractivity (Wildman–Crippen MR) is 62.9 cm³/mol. The van der Waals surface area contributed by atoms with E-state index < -0.39 is 14.9 Å². The first kappa shape index (κ1) is 13.2. The fourth-order valence-corrected chi connectivity index (χ4v) is 1.91. The fourth-order valence-electron chi connectivity index (χ4n) is 1.29. The van der Waals surface area contributed by atoms with Crippen LogP contribution in [0.2, 0.25) is 0 Å². The number of methoxy groups -OCH3 is 1. The molecule has 8 heteroatoms. The minimum atomic E-state index is -3.48. The summed E-state index contributed by atoms with van der Waals surface area (Å²) in [5, 5.41) is 10.8. The van der Waals surface area contributed by atoms with E-state index in [1.54, 1.807) is 6.92 Å². The van der Waals surface area contributed by atoms with E-state index in [9.17, 15) is 18.5 Å².